The SMILES string of the molecule is CCC1CCC(Nc2cc(C(F)(F)F)cc(NN)n2)CC1. The number of halogens is 3. The molecule has 2 rings (SSSR count). The van der Waals surface area contributed by atoms with Crippen LogP contribution in [0.15, 0.2) is 12.1 Å². The third kappa shape index (κ3) is 4.23. The van der Waals surface area contributed by atoms with E-state index in [1.165, 1.54) is 0 Å². The summed E-state index contributed by atoms with van der Waals surface area (Å²) in [5.41, 5.74) is 1.43. The van der Waals surface area contributed by atoms with Gasteiger partial charge < -0.3 is 10.7 Å². The molecule has 1 aliphatic carbocycles. The molecule has 4 N–H and O–H groups in total. The highest BCUT2D eigenvalue weighted by molar-refractivity contribution is 5.49. The molecule has 0 spiro atoms. The molecular weight excluding hydrogens is 281 g/mol. The Labute approximate surface area is 122 Å². The number of hydrogen-bond donors (Lipinski definition) is 3. The van der Waals surface area contributed by atoms with Gasteiger partial charge in [-0.1, -0.05) is 13.3 Å². The zero-order valence-electron chi connectivity index (χ0n) is 12.0. The van der Waals surface area contributed by atoms with Gasteiger partial charge in [-0.3, -0.25) is 0 Å². The quantitative estimate of drug-likeness (QED) is 0.585. The fraction of sp³-hybridized carbons (Fsp3) is 0.643. The maximum absolute atomic E-state index is 12.8. The average molecular weight is 302 g/mol. The summed E-state index contributed by atoms with van der Waals surface area (Å²) in [5.74, 6) is 6.16. The summed E-state index contributed by atoms with van der Waals surface area (Å²) < 4.78 is 38.5. The highest BCUT2D eigenvalue weighted by Gasteiger charge is 2.32. The van der Waals surface area contributed by atoms with Crippen LogP contribution in [0.2, 0.25) is 0 Å². The molecule has 1 fully saturated rings. The highest BCUT2D eigenvalue weighted by atomic mass is 19.4. The van der Waals surface area contributed by atoms with Crippen molar-refractivity contribution < 1.29 is 13.2 Å². The Bertz CT molecular complexity index is 468. The normalized spacial score (nSPS) is 22.9. The Balaban J connectivity index is 2.09. The zero-order chi connectivity index (χ0) is 15.5. The molecule has 1 aliphatic rings. The molecule has 0 bridgehead atoms. The summed E-state index contributed by atoms with van der Waals surface area (Å²) in [6.07, 6.45) is 0.883. The number of pyridine rings is 1. The van der Waals surface area contributed by atoms with Gasteiger partial charge in [0, 0.05) is 6.04 Å². The topological polar surface area (TPSA) is 63.0 Å². The fourth-order valence-corrected chi connectivity index (χ4v) is 2.77. The van der Waals surface area contributed by atoms with Crippen LogP contribution in [-0.4, -0.2) is 11.0 Å². The van der Waals surface area contributed by atoms with Crippen molar-refractivity contribution >= 4 is 11.6 Å². The minimum atomic E-state index is -4.41. The van der Waals surface area contributed by atoms with Gasteiger partial charge in [-0.05, 0) is 43.7 Å². The molecule has 1 saturated carbocycles. The second kappa shape index (κ2) is 6.51. The number of nitrogen functional groups attached to an aromatic ring is 1. The Morgan fingerprint density at radius 2 is 1.81 bits per heavy atom. The molecule has 0 atom stereocenters. The van der Waals surface area contributed by atoms with Crippen molar-refractivity contribution in [2.75, 3.05) is 10.7 Å². The Morgan fingerprint density at radius 1 is 1.19 bits per heavy atom. The summed E-state index contributed by atoms with van der Waals surface area (Å²) in [4.78, 5) is 4.05. The van der Waals surface area contributed by atoms with Crippen molar-refractivity contribution in [2.24, 2.45) is 11.8 Å². The van der Waals surface area contributed by atoms with Crippen LogP contribution in [0, 0.1) is 5.92 Å². The minimum absolute atomic E-state index is 0.00886. The van der Waals surface area contributed by atoms with E-state index in [9.17, 15) is 13.2 Å². The molecular formula is C14H21F3N4. The lowest BCUT2D eigenvalue weighted by Crippen LogP contribution is -2.26. The number of nitrogens with two attached hydrogens (primary N) is 1. The molecule has 0 amide bonds. The first-order valence-corrected chi connectivity index (χ1v) is 7.24. The third-order valence-corrected chi connectivity index (χ3v) is 4.08. The fourth-order valence-electron chi connectivity index (χ4n) is 2.77. The van der Waals surface area contributed by atoms with E-state index in [1.807, 2.05) is 0 Å². The lowest BCUT2D eigenvalue weighted by atomic mass is 9.84. The molecule has 0 aliphatic heterocycles. The molecule has 4 nitrogen and oxygen atoms in total. The van der Waals surface area contributed by atoms with Gasteiger partial charge in [0.25, 0.3) is 0 Å². The average Bonchev–Trinajstić information content (AvgIpc) is 2.46. The molecule has 1 aromatic rings. The smallest absolute Gasteiger partial charge is 0.367 e. The van der Waals surface area contributed by atoms with Crippen LogP contribution in [0.5, 0.6) is 0 Å². The standard InChI is InChI=1S/C14H21F3N4/c1-2-9-3-5-11(6-4-9)19-12-7-10(14(15,16)17)8-13(20-12)21-18/h7-9,11H,2-6,18H2,1H3,(H2,19,20,21). The summed E-state index contributed by atoms with van der Waals surface area (Å²) in [6, 6.07) is 2.11. The number of alkyl halides is 3. The van der Waals surface area contributed by atoms with Crippen molar-refractivity contribution in [3.05, 3.63) is 17.7 Å². The van der Waals surface area contributed by atoms with Gasteiger partial charge in [0.15, 0.2) is 0 Å². The maximum atomic E-state index is 12.8. The van der Waals surface area contributed by atoms with Crippen LogP contribution >= 0.6 is 0 Å². The number of nitrogens with zero attached hydrogens (tertiary/aromatic N) is 1. The maximum Gasteiger partial charge on any atom is 0.416 e. The number of aromatic nitrogens is 1. The van der Waals surface area contributed by atoms with E-state index in [0.717, 1.165) is 50.2 Å². The van der Waals surface area contributed by atoms with Gasteiger partial charge in [0.2, 0.25) is 0 Å². The number of hydrazine groups is 1. The van der Waals surface area contributed by atoms with Crippen molar-refractivity contribution in [1.82, 2.24) is 4.98 Å². The number of rotatable bonds is 4. The molecule has 1 heterocycles. The molecule has 118 valence electrons. The van der Waals surface area contributed by atoms with Crippen molar-refractivity contribution in [1.29, 1.82) is 0 Å². The first-order chi connectivity index (χ1) is 9.92. The highest BCUT2D eigenvalue weighted by Crippen LogP contribution is 2.33. The van der Waals surface area contributed by atoms with Gasteiger partial charge in [0.1, 0.15) is 11.6 Å². The van der Waals surface area contributed by atoms with Gasteiger partial charge >= 0.3 is 6.18 Å². The first kappa shape index (κ1) is 15.9. The molecule has 0 aromatic carbocycles. The zero-order valence-corrected chi connectivity index (χ0v) is 12.0. The van der Waals surface area contributed by atoms with E-state index in [1.54, 1.807) is 0 Å². The summed E-state index contributed by atoms with van der Waals surface area (Å²) >= 11 is 0. The molecule has 7 heteroatoms. The van der Waals surface area contributed by atoms with Crippen LogP contribution in [0.1, 0.15) is 44.6 Å². The van der Waals surface area contributed by atoms with Crippen LogP contribution in [0.4, 0.5) is 24.8 Å². The second-order valence-corrected chi connectivity index (χ2v) is 5.54. The predicted octanol–water partition coefficient (Wildman–Crippen LogP) is 3.77. The van der Waals surface area contributed by atoms with E-state index in [-0.39, 0.29) is 17.7 Å². The van der Waals surface area contributed by atoms with E-state index < -0.39 is 11.7 Å². The van der Waals surface area contributed by atoms with Crippen LogP contribution in [-0.2, 0) is 6.18 Å². The number of anilines is 2. The summed E-state index contributed by atoms with van der Waals surface area (Å²) in [7, 11) is 0. The van der Waals surface area contributed by atoms with E-state index in [4.69, 9.17) is 5.84 Å². The molecule has 0 saturated heterocycles. The van der Waals surface area contributed by atoms with Crippen LogP contribution < -0.4 is 16.6 Å². The van der Waals surface area contributed by atoms with Crippen molar-refractivity contribution in [3.8, 4) is 0 Å². The minimum Gasteiger partial charge on any atom is -0.367 e. The van der Waals surface area contributed by atoms with Gasteiger partial charge in [-0.25, -0.2) is 10.8 Å². The summed E-state index contributed by atoms with van der Waals surface area (Å²) in [5, 5.41) is 3.11. The van der Waals surface area contributed by atoms with Gasteiger partial charge in [-0.2, -0.15) is 13.2 Å². The molecule has 0 unspecified atom stereocenters. The molecule has 21 heavy (non-hydrogen) atoms. The molecule has 1 aromatic heterocycles. The third-order valence-electron chi connectivity index (χ3n) is 4.08. The Hall–Kier alpha value is -1.50. The summed E-state index contributed by atoms with van der Waals surface area (Å²) in [6.45, 7) is 2.17. The van der Waals surface area contributed by atoms with Crippen LogP contribution in [0.25, 0.3) is 0 Å². The van der Waals surface area contributed by atoms with E-state index >= 15 is 0 Å². The van der Waals surface area contributed by atoms with Gasteiger partial charge in [0.05, 0.1) is 5.56 Å². The first-order valence-electron chi connectivity index (χ1n) is 7.24. The van der Waals surface area contributed by atoms with Crippen LogP contribution in [0.3, 0.4) is 0 Å². The van der Waals surface area contributed by atoms with E-state index in [2.05, 4.69) is 22.7 Å². The van der Waals surface area contributed by atoms with Gasteiger partial charge in [-0.15, -0.1) is 0 Å². The monoisotopic (exact) mass is 302 g/mol. The lowest BCUT2D eigenvalue weighted by molar-refractivity contribution is -0.137. The Morgan fingerprint density at radius 3 is 2.33 bits per heavy atom. The van der Waals surface area contributed by atoms with Crippen molar-refractivity contribution in [3.63, 3.8) is 0 Å². The second-order valence-electron chi connectivity index (χ2n) is 5.54. The largest absolute Gasteiger partial charge is 0.416 e. The lowest BCUT2D eigenvalue weighted by Gasteiger charge is -2.29. The Kier molecular flexibility index (Phi) is 4.92. The number of hydrogen-bond acceptors (Lipinski definition) is 4. The van der Waals surface area contributed by atoms with E-state index in [0.29, 0.717) is 0 Å². The number of nitrogens with one attached hydrogen (secondary N) is 2. The predicted molar refractivity (Wildman–Crippen MR) is 76.7 cm³/mol. The molecule has 0 radical (unpaired) electrons. The van der Waals surface area contributed by atoms with Crippen molar-refractivity contribution in [2.45, 2.75) is 51.2 Å².